The van der Waals surface area contributed by atoms with Crippen LogP contribution in [0.25, 0.3) is 0 Å². The van der Waals surface area contributed by atoms with Crippen molar-refractivity contribution in [2.45, 2.75) is 59.2 Å². The quantitative estimate of drug-likeness (QED) is 0.598. The summed E-state index contributed by atoms with van der Waals surface area (Å²) >= 11 is 6.10. The monoisotopic (exact) mass is 430 g/mol. The average molecular weight is 431 g/mol. The van der Waals surface area contributed by atoms with E-state index in [9.17, 15) is 9.59 Å². The molecule has 0 saturated carbocycles. The van der Waals surface area contributed by atoms with E-state index < -0.39 is 6.04 Å². The Morgan fingerprint density at radius 3 is 2.37 bits per heavy atom. The van der Waals surface area contributed by atoms with Crippen LogP contribution in [0, 0.1) is 0 Å². The minimum Gasteiger partial charge on any atom is -0.484 e. The molecule has 0 aromatic heterocycles. The second-order valence-corrected chi connectivity index (χ2v) is 7.87. The number of amides is 2. The van der Waals surface area contributed by atoms with Gasteiger partial charge in [0.2, 0.25) is 5.91 Å². The lowest BCUT2D eigenvalue weighted by molar-refractivity contribution is -0.142. The molecule has 2 aromatic carbocycles. The van der Waals surface area contributed by atoms with Crippen LogP contribution in [0.15, 0.2) is 48.5 Å². The first-order valence-corrected chi connectivity index (χ1v) is 10.8. The Morgan fingerprint density at radius 2 is 1.77 bits per heavy atom. The molecule has 6 heteroatoms. The normalized spacial score (nSPS) is 12.7. The number of benzene rings is 2. The first kappa shape index (κ1) is 23.7. The molecule has 0 heterocycles. The largest absolute Gasteiger partial charge is 0.484 e. The van der Waals surface area contributed by atoms with Crippen LogP contribution in [-0.2, 0) is 22.6 Å². The Balaban J connectivity index is 2.13. The van der Waals surface area contributed by atoms with Crippen LogP contribution in [0.1, 0.15) is 45.2 Å². The van der Waals surface area contributed by atoms with Crippen LogP contribution in [0.5, 0.6) is 5.75 Å². The number of carbonyl (C=O) groups is 2. The average Bonchev–Trinajstić information content (AvgIpc) is 2.75. The lowest BCUT2D eigenvalue weighted by Crippen LogP contribution is -2.50. The molecule has 0 aliphatic heterocycles. The molecule has 0 saturated heterocycles. The van der Waals surface area contributed by atoms with E-state index in [2.05, 4.69) is 12.2 Å². The lowest BCUT2D eigenvalue weighted by Gasteiger charge is -2.29. The highest BCUT2D eigenvalue weighted by Gasteiger charge is 2.27. The molecule has 2 amide bonds. The Kier molecular flexibility index (Phi) is 9.18. The van der Waals surface area contributed by atoms with Crippen LogP contribution in [0.2, 0.25) is 5.02 Å². The predicted octanol–water partition coefficient (Wildman–Crippen LogP) is 4.61. The van der Waals surface area contributed by atoms with Crippen molar-refractivity contribution in [2.75, 3.05) is 6.61 Å². The van der Waals surface area contributed by atoms with E-state index in [-0.39, 0.29) is 31.0 Å². The van der Waals surface area contributed by atoms with Gasteiger partial charge >= 0.3 is 0 Å². The van der Waals surface area contributed by atoms with Crippen molar-refractivity contribution >= 4 is 23.4 Å². The van der Waals surface area contributed by atoms with E-state index in [1.165, 1.54) is 10.5 Å². The molecule has 1 N–H and O–H groups in total. The number of aryl methyl sites for hydroxylation is 1. The van der Waals surface area contributed by atoms with Crippen molar-refractivity contribution in [1.29, 1.82) is 0 Å². The maximum absolute atomic E-state index is 13.0. The minimum atomic E-state index is -0.642. The van der Waals surface area contributed by atoms with Crippen LogP contribution in [0.3, 0.4) is 0 Å². The third-order valence-corrected chi connectivity index (χ3v) is 5.34. The lowest BCUT2D eigenvalue weighted by atomic mass is 10.1. The zero-order valence-corrected chi connectivity index (χ0v) is 18.9. The topological polar surface area (TPSA) is 58.6 Å². The predicted molar refractivity (Wildman–Crippen MR) is 121 cm³/mol. The summed E-state index contributed by atoms with van der Waals surface area (Å²) in [5.74, 6) is 0.174. The highest BCUT2D eigenvalue weighted by Crippen LogP contribution is 2.16. The van der Waals surface area contributed by atoms with Crippen molar-refractivity contribution in [2.24, 2.45) is 0 Å². The molecule has 2 aromatic rings. The van der Waals surface area contributed by atoms with Gasteiger partial charge in [0.15, 0.2) is 6.61 Å². The summed E-state index contributed by atoms with van der Waals surface area (Å²) in [7, 11) is 0. The molecule has 0 aliphatic carbocycles. The summed E-state index contributed by atoms with van der Waals surface area (Å²) in [6, 6.07) is 14.3. The van der Waals surface area contributed by atoms with Gasteiger partial charge in [-0.2, -0.15) is 0 Å². The molecule has 0 unspecified atom stereocenters. The maximum Gasteiger partial charge on any atom is 0.261 e. The third-order valence-electron chi connectivity index (χ3n) is 5.10. The molecule has 5 nitrogen and oxygen atoms in total. The van der Waals surface area contributed by atoms with Crippen molar-refractivity contribution < 1.29 is 14.3 Å². The number of hydrogen-bond acceptors (Lipinski definition) is 3. The van der Waals surface area contributed by atoms with E-state index in [0.29, 0.717) is 10.8 Å². The van der Waals surface area contributed by atoms with E-state index >= 15 is 0 Å². The van der Waals surface area contributed by atoms with E-state index in [4.69, 9.17) is 16.3 Å². The van der Waals surface area contributed by atoms with Gasteiger partial charge in [-0.05, 0) is 62.1 Å². The van der Waals surface area contributed by atoms with Gasteiger partial charge in [0.25, 0.3) is 5.91 Å². The molecular formula is C24H31ClN2O3. The minimum absolute atomic E-state index is 0.0383. The fourth-order valence-corrected chi connectivity index (χ4v) is 3.14. The Bertz CT molecular complexity index is 839. The zero-order chi connectivity index (χ0) is 22.1. The SMILES string of the molecule is CCc1ccc(OCC(=O)N(Cc2cccc(Cl)c2)[C@@H](C)C(=O)N[C@@H](C)CC)cc1. The summed E-state index contributed by atoms with van der Waals surface area (Å²) in [5, 5.41) is 3.54. The van der Waals surface area contributed by atoms with Crippen LogP contribution >= 0.6 is 11.6 Å². The molecule has 2 rings (SSSR count). The molecule has 0 aliphatic rings. The van der Waals surface area contributed by atoms with Gasteiger partial charge in [-0.15, -0.1) is 0 Å². The van der Waals surface area contributed by atoms with Crippen molar-refractivity contribution in [3.63, 3.8) is 0 Å². The molecule has 0 bridgehead atoms. The van der Waals surface area contributed by atoms with E-state index in [1.54, 1.807) is 19.1 Å². The van der Waals surface area contributed by atoms with Gasteiger partial charge in [-0.1, -0.05) is 49.7 Å². The van der Waals surface area contributed by atoms with E-state index in [1.807, 2.05) is 50.2 Å². The number of carbonyl (C=O) groups excluding carboxylic acids is 2. The van der Waals surface area contributed by atoms with Gasteiger partial charge in [0.05, 0.1) is 0 Å². The van der Waals surface area contributed by atoms with Gasteiger partial charge in [0, 0.05) is 17.6 Å². The smallest absolute Gasteiger partial charge is 0.261 e. The van der Waals surface area contributed by atoms with E-state index in [0.717, 1.165) is 18.4 Å². The fraction of sp³-hybridized carbons (Fsp3) is 0.417. The Labute approximate surface area is 184 Å². The number of rotatable bonds is 10. The van der Waals surface area contributed by atoms with Crippen LogP contribution in [0.4, 0.5) is 0 Å². The fourth-order valence-electron chi connectivity index (χ4n) is 2.93. The molecule has 30 heavy (non-hydrogen) atoms. The highest BCUT2D eigenvalue weighted by molar-refractivity contribution is 6.30. The third kappa shape index (κ3) is 7.06. The maximum atomic E-state index is 13.0. The molecule has 0 spiro atoms. The standard InChI is InChI=1S/C24H31ClN2O3/c1-5-17(3)26-24(29)18(4)27(15-20-8-7-9-21(25)14-20)23(28)16-30-22-12-10-19(6-2)11-13-22/h7-14,17-18H,5-6,15-16H2,1-4H3,(H,26,29)/t17-,18-/m0/s1. The summed E-state index contributed by atoms with van der Waals surface area (Å²) in [4.78, 5) is 27.2. The van der Waals surface area contributed by atoms with Gasteiger partial charge in [0.1, 0.15) is 11.8 Å². The molecular weight excluding hydrogens is 400 g/mol. The highest BCUT2D eigenvalue weighted by atomic mass is 35.5. The molecule has 0 radical (unpaired) electrons. The van der Waals surface area contributed by atoms with Crippen LogP contribution in [-0.4, -0.2) is 35.4 Å². The van der Waals surface area contributed by atoms with Gasteiger partial charge < -0.3 is 15.0 Å². The number of ether oxygens (including phenoxy) is 1. The number of nitrogens with one attached hydrogen (secondary N) is 1. The van der Waals surface area contributed by atoms with Gasteiger partial charge in [-0.3, -0.25) is 9.59 Å². The summed E-state index contributed by atoms with van der Waals surface area (Å²) in [5.41, 5.74) is 2.05. The summed E-state index contributed by atoms with van der Waals surface area (Å²) < 4.78 is 5.69. The number of nitrogens with zero attached hydrogens (tertiary/aromatic N) is 1. The van der Waals surface area contributed by atoms with Crippen molar-refractivity contribution in [3.8, 4) is 5.75 Å². The molecule has 0 fully saturated rings. The van der Waals surface area contributed by atoms with Crippen molar-refractivity contribution in [1.82, 2.24) is 10.2 Å². The number of hydrogen-bond donors (Lipinski definition) is 1. The second kappa shape index (κ2) is 11.6. The number of halogens is 1. The molecule has 162 valence electrons. The summed E-state index contributed by atoms with van der Waals surface area (Å²) in [6.45, 7) is 7.88. The Hall–Kier alpha value is -2.53. The second-order valence-electron chi connectivity index (χ2n) is 7.43. The first-order valence-electron chi connectivity index (χ1n) is 10.4. The first-order chi connectivity index (χ1) is 14.3. The molecule has 2 atom stereocenters. The van der Waals surface area contributed by atoms with Crippen LogP contribution < -0.4 is 10.1 Å². The van der Waals surface area contributed by atoms with Crippen molar-refractivity contribution in [3.05, 3.63) is 64.7 Å². The zero-order valence-electron chi connectivity index (χ0n) is 18.2. The van der Waals surface area contributed by atoms with Gasteiger partial charge in [-0.25, -0.2) is 0 Å². The Morgan fingerprint density at radius 1 is 1.07 bits per heavy atom. The summed E-state index contributed by atoms with van der Waals surface area (Å²) in [6.07, 6.45) is 1.76.